The van der Waals surface area contributed by atoms with Crippen molar-refractivity contribution in [3.63, 3.8) is 0 Å². The van der Waals surface area contributed by atoms with E-state index in [-0.39, 0.29) is 17.7 Å². The van der Waals surface area contributed by atoms with Crippen molar-refractivity contribution >= 4 is 35.2 Å². The second-order valence-electron chi connectivity index (χ2n) is 8.00. The number of fused-ring (bicyclic) bond motifs is 1. The zero-order valence-corrected chi connectivity index (χ0v) is 21.0. The van der Waals surface area contributed by atoms with Crippen molar-refractivity contribution in [2.75, 3.05) is 19.0 Å². The molecule has 9 nitrogen and oxygen atoms in total. The van der Waals surface area contributed by atoms with Crippen molar-refractivity contribution in [3.05, 3.63) is 90.1 Å². The van der Waals surface area contributed by atoms with Crippen LogP contribution in [0.1, 0.15) is 41.4 Å². The van der Waals surface area contributed by atoms with Crippen LogP contribution in [0.5, 0.6) is 5.75 Å². The van der Waals surface area contributed by atoms with E-state index in [1.807, 2.05) is 0 Å². The Hall–Kier alpha value is -4.18. The third-order valence-corrected chi connectivity index (χ3v) is 6.85. The van der Waals surface area contributed by atoms with Crippen LogP contribution in [0.25, 0.3) is 6.20 Å². The lowest BCUT2D eigenvalue weighted by atomic mass is 9.96. The summed E-state index contributed by atoms with van der Waals surface area (Å²) in [4.78, 5) is 43.0. The first kappa shape index (κ1) is 24.9. The molecule has 2 heterocycles. The summed E-state index contributed by atoms with van der Waals surface area (Å²) in [7, 11) is 1.56. The van der Waals surface area contributed by atoms with Gasteiger partial charge in [-0.15, -0.1) is 0 Å². The Morgan fingerprint density at radius 2 is 1.92 bits per heavy atom. The maximum absolute atomic E-state index is 13.6. The molecule has 1 aliphatic rings. The van der Waals surface area contributed by atoms with Gasteiger partial charge in [0.05, 0.1) is 36.6 Å². The van der Waals surface area contributed by atoms with Gasteiger partial charge in [-0.25, -0.2) is 14.6 Å². The number of carbonyl (C=O) groups is 2. The molecular formula is C26H25N3O6S. The molecule has 1 atom stereocenters. The lowest BCUT2D eigenvalue weighted by molar-refractivity contribution is -0.139. The zero-order valence-electron chi connectivity index (χ0n) is 20.2. The minimum atomic E-state index is -1.03. The Kier molecular flexibility index (Phi) is 7.07. The van der Waals surface area contributed by atoms with E-state index in [0.717, 1.165) is 0 Å². The number of carbonyl (C=O) groups excluding carboxylic acids is 1. The van der Waals surface area contributed by atoms with Gasteiger partial charge in [-0.05, 0) is 56.2 Å². The fourth-order valence-corrected chi connectivity index (χ4v) is 5.03. The number of nitrogens with one attached hydrogen (secondary N) is 1. The molecule has 0 saturated heterocycles. The molecule has 36 heavy (non-hydrogen) atoms. The Balaban J connectivity index is 1.85. The number of hydrogen-bond donors (Lipinski definition) is 2. The molecule has 0 amide bonds. The highest BCUT2D eigenvalue weighted by Crippen LogP contribution is 2.31. The van der Waals surface area contributed by atoms with Crippen molar-refractivity contribution in [3.8, 4) is 5.75 Å². The van der Waals surface area contributed by atoms with Crippen LogP contribution in [0.3, 0.4) is 0 Å². The van der Waals surface area contributed by atoms with Gasteiger partial charge in [-0.2, -0.15) is 0 Å². The minimum absolute atomic E-state index is 0.170. The van der Waals surface area contributed by atoms with Gasteiger partial charge < -0.3 is 19.9 Å². The van der Waals surface area contributed by atoms with Gasteiger partial charge >= 0.3 is 11.9 Å². The molecular weight excluding hydrogens is 482 g/mol. The molecule has 1 aliphatic heterocycles. The Bertz CT molecular complexity index is 1550. The first-order chi connectivity index (χ1) is 17.3. The number of carboxylic acids is 1. The van der Waals surface area contributed by atoms with E-state index in [2.05, 4.69) is 10.3 Å². The molecule has 0 bridgehead atoms. The highest BCUT2D eigenvalue weighted by molar-refractivity contribution is 7.07. The van der Waals surface area contributed by atoms with Crippen molar-refractivity contribution in [2.45, 2.75) is 26.8 Å². The number of aromatic carboxylic acids is 1. The Morgan fingerprint density at radius 3 is 2.56 bits per heavy atom. The fraction of sp³-hybridized carbons (Fsp3) is 0.231. The van der Waals surface area contributed by atoms with Gasteiger partial charge in [0, 0.05) is 11.9 Å². The van der Waals surface area contributed by atoms with Crippen LogP contribution in [0.15, 0.2) is 63.5 Å². The van der Waals surface area contributed by atoms with Crippen molar-refractivity contribution in [2.24, 2.45) is 4.99 Å². The molecule has 0 saturated carbocycles. The number of thiazole rings is 1. The average molecular weight is 508 g/mol. The summed E-state index contributed by atoms with van der Waals surface area (Å²) in [6, 6.07) is 11.3. The summed E-state index contributed by atoms with van der Waals surface area (Å²) in [6.45, 7) is 5.32. The topological polar surface area (TPSA) is 119 Å². The minimum Gasteiger partial charge on any atom is -0.497 e. The number of nitrogens with zero attached hydrogens (tertiary/aromatic N) is 2. The largest absolute Gasteiger partial charge is 0.497 e. The van der Waals surface area contributed by atoms with Gasteiger partial charge in [-0.1, -0.05) is 29.5 Å². The first-order valence-electron chi connectivity index (χ1n) is 11.2. The molecule has 0 spiro atoms. The number of hydrogen-bond acceptors (Lipinski definition) is 8. The lowest BCUT2D eigenvalue weighted by Crippen LogP contribution is -2.40. The van der Waals surface area contributed by atoms with E-state index in [4.69, 9.17) is 9.47 Å². The molecule has 4 rings (SSSR count). The number of aromatic nitrogens is 1. The summed E-state index contributed by atoms with van der Waals surface area (Å²) < 4.78 is 12.4. The molecule has 186 valence electrons. The normalized spacial score (nSPS) is 15.2. The second-order valence-corrected chi connectivity index (χ2v) is 9.01. The van der Waals surface area contributed by atoms with Gasteiger partial charge in [-0.3, -0.25) is 9.36 Å². The summed E-state index contributed by atoms with van der Waals surface area (Å²) in [5.74, 6) is -0.919. The van der Waals surface area contributed by atoms with Crippen LogP contribution in [-0.4, -0.2) is 35.3 Å². The number of carboxylic acid groups (broad SMARTS) is 1. The molecule has 2 N–H and O–H groups in total. The predicted octanol–water partition coefficient (Wildman–Crippen LogP) is 2.83. The number of methoxy groups -OCH3 is 1. The van der Waals surface area contributed by atoms with E-state index < -0.39 is 18.0 Å². The predicted molar refractivity (Wildman–Crippen MR) is 136 cm³/mol. The van der Waals surface area contributed by atoms with E-state index in [0.29, 0.717) is 43.2 Å². The lowest BCUT2D eigenvalue weighted by Gasteiger charge is -2.24. The highest BCUT2D eigenvalue weighted by atomic mass is 32.1. The van der Waals surface area contributed by atoms with Gasteiger partial charge in [0.25, 0.3) is 5.56 Å². The fourth-order valence-electron chi connectivity index (χ4n) is 4.06. The number of allylic oxidation sites excluding steroid dienone is 1. The third-order valence-electron chi connectivity index (χ3n) is 5.87. The number of rotatable bonds is 7. The molecule has 2 aromatic carbocycles. The van der Waals surface area contributed by atoms with Crippen LogP contribution < -0.4 is 24.9 Å². The van der Waals surface area contributed by atoms with Crippen LogP contribution in [0.2, 0.25) is 0 Å². The number of ether oxygens (including phenoxy) is 2. The molecule has 0 radical (unpaired) electrons. The van der Waals surface area contributed by atoms with E-state index in [1.54, 1.807) is 64.3 Å². The average Bonchev–Trinajstić information content (AvgIpc) is 3.17. The van der Waals surface area contributed by atoms with Crippen LogP contribution in [0.4, 0.5) is 5.69 Å². The maximum atomic E-state index is 13.6. The summed E-state index contributed by atoms with van der Waals surface area (Å²) in [6.07, 6.45) is 1.53. The van der Waals surface area contributed by atoms with Gasteiger partial charge in [0.2, 0.25) is 0 Å². The number of benzene rings is 2. The van der Waals surface area contributed by atoms with Crippen molar-refractivity contribution < 1.29 is 24.2 Å². The number of esters is 1. The van der Waals surface area contributed by atoms with Crippen molar-refractivity contribution in [1.82, 2.24) is 4.57 Å². The molecule has 0 fully saturated rings. The van der Waals surface area contributed by atoms with E-state index in [1.165, 1.54) is 28.2 Å². The molecule has 3 aromatic rings. The second kappa shape index (κ2) is 10.2. The smallest absolute Gasteiger partial charge is 0.338 e. The molecule has 0 aliphatic carbocycles. The quantitative estimate of drug-likeness (QED) is 0.472. The maximum Gasteiger partial charge on any atom is 0.338 e. The SMILES string of the molecule is CCOC(=O)C1=C(C)N=c2s/c(=C\Nc3cccc(C(=O)O)c3C)c(=O)n2[C@@H]1c1ccc(OC)cc1. The Labute approximate surface area is 210 Å². The summed E-state index contributed by atoms with van der Waals surface area (Å²) in [5, 5.41) is 12.4. The molecule has 0 unspecified atom stereocenters. The summed E-state index contributed by atoms with van der Waals surface area (Å²) in [5.41, 5.74) is 2.41. The molecule has 1 aromatic heterocycles. The molecule has 10 heteroatoms. The van der Waals surface area contributed by atoms with Crippen molar-refractivity contribution in [1.29, 1.82) is 0 Å². The summed E-state index contributed by atoms with van der Waals surface area (Å²) >= 11 is 1.17. The van der Waals surface area contributed by atoms with Crippen LogP contribution in [0, 0.1) is 6.92 Å². The first-order valence-corrected chi connectivity index (χ1v) is 12.0. The van der Waals surface area contributed by atoms with E-state index in [9.17, 15) is 19.5 Å². The van der Waals surface area contributed by atoms with Gasteiger partial charge in [0.1, 0.15) is 10.3 Å². The van der Waals surface area contributed by atoms with Crippen LogP contribution in [-0.2, 0) is 9.53 Å². The van der Waals surface area contributed by atoms with Gasteiger partial charge in [0.15, 0.2) is 4.80 Å². The zero-order chi connectivity index (χ0) is 26.0. The monoisotopic (exact) mass is 507 g/mol. The highest BCUT2D eigenvalue weighted by Gasteiger charge is 2.33. The third kappa shape index (κ3) is 4.55. The Morgan fingerprint density at radius 1 is 1.19 bits per heavy atom. The standard InChI is InChI=1S/C26H25N3O6S/c1-5-35-25(33)21-15(3)28-26-29(22(21)16-9-11-17(34-4)12-10-16)23(30)20(36-26)13-27-19-8-6-7-18(14(19)2)24(31)32/h6-13,22,27H,5H2,1-4H3,(H,31,32)/b20-13-/t22-/m1/s1. The number of anilines is 1. The van der Waals surface area contributed by atoms with E-state index >= 15 is 0 Å². The van der Waals surface area contributed by atoms with Crippen LogP contribution >= 0.6 is 11.3 Å².